The van der Waals surface area contributed by atoms with Crippen LogP contribution >= 0.6 is 0 Å². The summed E-state index contributed by atoms with van der Waals surface area (Å²) in [5, 5.41) is 0. The normalized spacial score (nSPS) is 10.3. The van der Waals surface area contributed by atoms with E-state index < -0.39 is 23.9 Å². The minimum Gasteiger partial charge on any atom is -0.427 e. The fraction of sp³-hybridized carbons (Fsp3) is 0.0667. The largest absolute Gasteiger partial charge is 0.427 e. The van der Waals surface area contributed by atoms with Gasteiger partial charge in [0.05, 0.1) is 16.7 Å². The Hall–Kier alpha value is -5.24. The molecule has 0 aromatic heterocycles. The maximum atomic E-state index is 12.5. The van der Waals surface area contributed by atoms with Crippen molar-refractivity contribution >= 4 is 23.9 Å². The summed E-state index contributed by atoms with van der Waals surface area (Å²) in [4.78, 5) is 48.1. The summed E-state index contributed by atoms with van der Waals surface area (Å²) in [6, 6.07) is 24.8. The number of aryl methyl sites for hydroxylation is 1. The highest BCUT2D eigenvalue weighted by atomic mass is 16.5. The first kappa shape index (κ1) is 25.8. The topological polar surface area (TPSA) is 105 Å². The van der Waals surface area contributed by atoms with E-state index in [1.54, 1.807) is 12.1 Å². The molecule has 38 heavy (non-hydrogen) atoms. The SMILES string of the molecule is CC(=O)Oc1ccc(OC(=O)c2ccc(C(=O)Oc3ccc(OC(=O)c4ccc(C)cc4)cc3)cc2)cc1. The lowest BCUT2D eigenvalue weighted by molar-refractivity contribution is -0.131. The van der Waals surface area contributed by atoms with Gasteiger partial charge in [0.1, 0.15) is 23.0 Å². The van der Waals surface area contributed by atoms with Crippen molar-refractivity contribution in [2.75, 3.05) is 0 Å². The highest BCUT2D eigenvalue weighted by molar-refractivity contribution is 5.95. The van der Waals surface area contributed by atoms with E-state index in [0.717, 1.165) is 5.56 Å². The molecular weight excluding hydrogens is 488 g/mol. The van der Waals surface area contributed by atoms with Crippen LogP contribution in [0.5, 0.6) is 23.0 Å². The Kier molecular flexibility index (Phi) is 7.93. The van der Waals surface area contributed by atoms with Crippen molar-refractivity contribution in [3.63, 3.8) is 0 Å². The summed E-state index contributed by atoms with van der Waals surface area (Å²) < 4.78 is 20.9. The van der Waals surface area contributed by atoms with Crippen molar-refractivity contribution in [3.8, 4) is 23.0 Å². The number of hydrogen-bond acceptors (Lipinski definition) is 8. The average molecular weight is 510 g/mol. The van der Waals surface area contributed by atoms with Crippen LogP contribution in [0.3, 0.4) is 0 Å². The van der Waals surface area contributed by atoms with Crippen molar-refractivity contribution in [2.24, 2.45) is 0 Å². The standard InChI is InChI=1S/C30H22O8/c1-19-3-5-21(6-4-19)28(32)36-26-15-17-27(18-16-26)38-30(34)23-9-7-22(8-10-23)29(33)37-25-13-11-24(12-14-25)35-20(2)31/h3-18H,1-2H3. The van der Waals surface area contributed by atoms with E-state index in [-0.39, 0.29) is 22.6 Å². The molecule has 4 aromatic carbocycles. The zero-order chi connectivity index (χ0) is 27.1. The van der Waals surface area contributed by atoms with Gasteiger partial charge < -0.3 is 18.9 Å². The van der Waals surface area contributed by atoms with Crippen molar-refractivity contribution in [1.29, 1.82) is 0 Å². The van der Waals surface area contributed by atoms with Gasteiger partial charge in [-0.1, -0.05) is 17.7 Å². The van der Waals surface area contributed by atoms with Crippen LogP contribution < -0.4 is 18.9 Å². The summed E-state index contributed by atoms with van der Waals surface area (Å²) in [6.45, 7) is 3.21. The third-order valence-electron chi connectivity index (χ3n) is 5.18. The van der Waals surface area contributed by atoms with Gasteiger partial charge in [-0.05, 0) is 91.9 Å². The summed E-state index contributed by atoms with van der Waals surface area (Å²) in [6.07, 6.45) is 0. The van der Waals surface area contributed by atoms with Gasteiger partial charge >= 0.3 is 23.9 Å². The molecule has 0 atom stereocenters. The van der Waals surface area contributed by atoms with Gasteiger partial charge in [0, 0.05) is 6.92 Å². The van der Waals surface area contributed by atoms with E-state index in [9.17, 15) is 19.2 Å². The van der Waals surface area contributed by atoms with Crippen LogP contribution in [0.4, 0.5) is 0 Å². The van der Waals surface area contributed by atoms with Gasteiger partial charge in [-0.3, -0.25) is 4.79 Å². The zero-order valence-electron chi connectivity index (χ0n) is 20.5. The molecule has 0 spiro atoms. The van der Waals surface area contributed by atoms with Crippen molar-refractivity contribution < 1.29 is 38.1 Å². The van der Waals surface area contributed by atoms with Crippen LogP contribution in [0.25, 0.3) is 0 Å². The van der Waals surface area contributed by atoms with Crippen LogP contribution in [-0.4, -0.2) is 23.9 Å². The fourth-order valence-corrected chi connectivity index (χ4v) is 3.25. The maximum Gasteiger partial charge on any atom is 0.343 e. The van der Waals surface area contributed by atoms with Crippen LogP contribution in [0.1, 0.15) is 43.6 Å². The highest BCUT2D eigenvalue weighted by Crippen LogP contribution is 2.21. The molecule has 0 radical (unpaired) electrons. The zero-order valence-corrected chi connectivity index (χ0v) is 20.5. The minimum absolute atomic E-state index is 0.224. The minimum atomic E-state index is -0.629. The number of esters is 4. The lowest BCUT2D eigenvalue weighted by atomic mass is 10.1. The van der Waals surface area contributed by atoms with E-state index in [4.69, 9.17) is 18.9 Å². The number of carbonyl (C=O) groups is 4. The molecule has 0 heterocycles. The van der Waals surface area contributed by atoms with Gasteiger partial charge in [0.25, 0.3) is 0 Å². The first-order valence-corrected chi connectivity index (χ1v) is 11.5. The van der Waals surface area contributed by atoms with Crippen molar-refractivity contribution in [1.82, 2.24) is 0 Å². The van der Waals surface area contributed by atoms with Gasteiger partial charge in [-0.15, -0.1) is 0 Å². The van der Waals surface area contributed by atoms with Gasteiger partial charge in [0.2, 0.25) is 0 Å². The quantitative estimate of drug-likeness (QED) is 0.234. The molecule has 0 unspecified atom stereocenters. The monoisotopic (exact) mass is 510 g/mol. The molecule has 0 saturated heterocycles. The third kappa shape index (κ3) is 6.92. The second kappa shape index (κ2) is 11.7. The molecule has 0 aliphatic rings. The number of ether oxygens (including phenoxy) is 4. The molecular formula is C30H22O8. The number of carbonyl (C=O) groups excluding carboxylic acids is 4. The molecule has 4 aromatic rings. The predicted molar refractivity (Wildman–Crippen MR) is 137 cm³/mol. The van der Waals surface area contributed by atoms with E-state index in [2.05, 4.69) is 0 Å². The summed E-state index contributed by atoms with van der Waals surface area (Å²) in [7, 11) is 0. The Labute approximate surface area is 218 Å². The van der Waals surface area contributed by atoms with Crippen LogP contribution in [0.15, 0.2) is 97.1 Å². The predicted octanol–water partition coefficient (Wildman–Crippen LogP) is 5.58. The Bertz CT molecular complexity index is 1450. The Morgan fingerprint density at radius 3 is 0.974 bits per heavy atom. The molecule has 8 nitrogen and oxygen atoms in total. The maximum absolute atomic E-state index is 12.5. The Morgan fingerprint density at radius 1 is 0.421 bits per heavy atom. The molecule has 0 N–H and O–H groups in total. The Morgan fingerprint density at radius 2 is 0.684 bits per heavy atom. The molecule has 0 saturated carbocycles. The van der Waals surface area contributed by atoms with E-state index in [1.165, 1.54) is 79.7 Å². The van der Waals surface area contributed by atoms with Gasteiger partial charge in [-0.2, -0.15) is 0 Å². The molecule has 0 fully saturated rings. The molecule has 4 rings (SSSR count). The fourth-order valence-electron chi connectivity index (χ4n) is 3.25. The molecule has 0 aliphatic carbocycles. The van der Waals surface area contributed by atoms with E-state index in [1.807, 2.05) is 19.1 Å². The first-order valence-electron chi connectivity index (χ1n) is 11.5. The summed E-state index contributed by atoms with van der Waals surface area (Å²) >= 11 is 0. The number of rotatable bonds is 7. The Balaban J connectivity index is 1.31. The highest BCUT2D eigenvalue weighted by Gasteiger charge is 2.14. The molecule has 190 valence electrons. The second-order valence-electron chi connectivity index (χ2n) is 8.15. The van der Waals surface area contributed by atoms with Gasteiger partial charge in [0.15, 0.2) is 0 Å². The second-order valence-corrected chi connectivity index (χ2v) is 8.15. The third-order valence-corrected chi connectivity index (χ3v) is 5.18. The molecule has 0 amide bonds. The van der Waals surface area contributed by atoms with Crippen molar-refractivity contribution in [3.05, 3.63) is 119 Å². The molecule has 0 bridgehead atoms. The average Bonchev–Trinajstić information content (AvgIpc) is 2.91. The first-order chi connectivity index (χ1) is 18.3. The van der Waals surface area contributed by atoms with Gasteiger partial charge in [-0.25, -0.2) is 14.4 Å². The lowest BCUT2D eigenvalue weighted by Gasteiger charge is -2.08. The van der Waals surface area contributed by atoms with Crippen molar-refractivity contribution in [2.45, 2.75) is 13.8 Å². The lowest BCUT2D eigenvalue weighted by Crippen LogP contribution is -2.11. The summed E-state index contributed by atoms with van der Waals surface area (Å²) in [5.41, 5.74) is 1.91. The van der Waals surface area contributed by atoms with E-state index in [0.29, 0.717) is 17.1 Å². The van der Waals surface area contributed by atoms with Crippen LogP contribution in [0, 0.1) is 6.92 Å². The number of hydrogen-bond donors (Lipinski definition) is 0. The molecule has 8 heteroatoms. The summed E-state index contributed by atoms with van der Waals surface area (Å²) in [5.74, 6) is -1.04. The number of benzene rings is 4. The van der Waals surface area contributed by atoms with E-state index >= 15 is 0 Å². The van der Waals surface area contributed by atoms with Crippen LogP contribution in [0.2, 0.25) is 0 Å². The smallest absolute Gasteiger partial charge is 0.343 e. The molecule has 0 aliphatic heterocycles. The van der Waals surface area contributed by atoms with Crippen LogP contribution in [-0.2, 0) is 4.79 Å².